The molecule has 126 valence electrons. The first kappa shape index (κ1) is 17.6. The third kappa shape index (κ3) is 4.60. The largest absolute Gasteiger partial charge is 0.482 e. The van der Waals surface area contributed by atoms with E-state index in [-0.39, 0.29) is 12.5 Å². The summed E-state index contributed by atoms with van der Waals surface area (Å²) in [6.45, 7) is 6.21. The zero-order valence-corrected chi connectivity index (χ0v) is 15.3. The van der Waals surface area contributed by atoms with Gasteiger partial charge < -0.3 is 19.3 Å². The molecule has 0 fully saturated rings. The molecule has 0 aliphatic carbocycles. The van der Waals surface area contributed by atoms with Crippen molar-refractivity contribution in [3.63, 3.8) is 0 Å². The normalized spacial score (nSPS) is 14.1. The summed E-state index contributed by atoms with van der Waals surface area (Å²) in [5.41, 5.74) is 0.168. The van der Waals surface area contributed by atoms with Crippen LogP contribution in [0.1, 0.15) is 20.8 Å². The maximum absolute atomic E-state index is 12.1. The Morgan fingerprint density at radius 3 is 2.78 bits per heavy atom. The van der Waals surface area contributed by atoms with Crippen LogP contribution < -0.4 is 9.64 Å². The number of rotatable bonds is 3. The predicted molar refractivity (Wildman–Crippen MR) is 90.9 cm³/mol. The number of likely N-dealkylation sites (N-methyl/N-ethyl adjacent to an activating group) is 1. The second-order valence-corrected chi connectivity index (χ2v) is 7.26. The molecule has 1 heterocycles. The van der Waals surface area contributed by atoms with Crippen LogP contribution in [0.25, 0.3) is 0 Å². The Balaban J connectivity index is 2.03. The topological polar surface area (TPSA) is 59.1 Å². The Morgan fingerprint density at radius 1 is 1.43 bits per heavy atom. The monoisotopic (exact) mass is 384 g/mol. The molecule has 0 saturated heterocycles. The van der Waals surface area contributed by atoms with Gasteiger partial charge in [0.15, 0.2) is 6.61 Å². The third-order valence-corrected chi connectivity index (χ3v) is 3.72. The smallest absolute Gasteiger partial charge is 0.410 e. The number of benzene rings is 1. The van der Waals surface area contributed by atoms with Gasteiger partial charge in [0.25, 0.3) is 5.91 Å². The molecule has 1 aliphatic rings. The molecule has 6 nitrogen and oxygen atoms in total. The van der Waals surface area contributed by atoms with E-state index in [0.717, 1.165) is 4.47 Å². The number of halogens is 1. The lowest BCUT2D eigenvalue weighted by Gasteiger charge is -2.31. The number of hydrogen-bond donors (Lipinski definition) is 0. The van der Waals surface area contributed by atoms with E-state index in [4.69, 9.17) is 9.47 Å². The molecular formula is C16H21BrN2O4. The molecule has 0 bridgehead atoms. The highest BCUT2D eigenvalue weighted by atomic mass is 79.9. The van der Waals surface area contributed by atoms with E-state index < -0.39 is 11.7 Å². The fourth-order valence-corrected chi connectivity index (χ4v) is 2.44. The molecule has 0 saturated carbocycles. The predicted octanol–water partition coefficient (Wildman–Crippen LogP) is 3.04. The fraction of sp³-hybridized carbons (Fsp3) is 0.500. The van der Waals surface area contributed by atoms with Crippen molar-refractivity contribution in [1.29, 1.82) is 0 Å². The minimum Gasteiger partial charge on any atom is -0.482 e. The van der Waals surface area contributed by atoms with Gasteiger partial charge in [-0.05, 0) is 39.0 Å². The van der Waals surface area contributed by atoms with Gasteiger partial charge in [0, 0.05) is 24.6 Å². The molecule has 0 spiro atoms. The Kier molecular flexibility index (Phi) is 5.19. The number of nitrogens with zero attached hydrogens (tertiary/aromatic N) is 2. The van der Waals surface area contributed by atoms with Crippen LogP contribution in [0.2, 0.25) is 0 Å². The molecule has 7 heteroatoms. The van der Waals surface area contributed by atoms with Crippen LogP contribution >= 0.6 is 15.9 Å². The highest BCUT2D eigenvalue weighted by Gasteiger charge is 2.27. The summed E-state index contributed by atoms with van der Waals surface area (Å²) in [7, 11) is 1.65. The number of amides is 2. The minimum absolute atomic E-state index is 0.000392. The first-order valence-electron chi connectivity index (χ1n) is 7.34. The summed E-state index contributed by atoms with van der Waals surface area (Å²) < 4.78 is 11.6. The van der Waals surface area contributed by atoms with Crippen LogP contribution in [-0.4, -0.2) is 49.2 Å². The van der Waals surface area contributed by atoms with Gasteiger partial charge in [-0.3, -0.25) is 4.79 Å². The number of carbonyl (C=O) groups excluding carboxylic acids is 2. The average Bonchev–Trinajstić information content (AvgIpc) is 2.44. The Morgan fingerprint density at radius 2 is 2.13 bits per heavy atom. The molecule has 0 atom stereocenters. The molecule has 0 unspecified atom stereocenters. The summed E-state index contributed by atoms with van der Waals surface area (Å²) in [5.74, 6) is 0.524. The van der Waals surface area contributed by atoms with E-state index in [9.17, 15) is 9.59 Å². The minimum atomic E-state index is -0.543. The molecule has 1 aromatic carbocycles. The average molecular weight is 385 g/mol. The zero-order chi connectivity index (χ0) is 17.2. The lowest BCUT2D eigenvalue weighted by Crippen LogP contribution is -2.44. The summed E-state index contributed by atoms with van der Waals surface area (Å²) >= 11 is 3.38. The van der Waals surface area contributed by atoms with Crippen molar-refractivity contribution < 1.29 is 19.1 Å². The van der Waals surface area contributed by atoms with Gasteiger partial charge in [-0.2, -0.15) is 0 Å². The van der Waals surface area contributed by atoms with Gasteiger partial charge in [-0.1, -0.05) is 15.9 Å². The maximum Gasteiger partial charge on any atom is 0.410 e. The lowest BCUT2D eigenvalue weighted by atomic mass is 10.2. The van der Waals surface area contributed by atoms with Crippen LogP contribution in [0.15, 0.2) is 22.7 Å². The Hall–Kier alpha value is -1.76. The van der Waals surface area contributed by atoms with Crippen molar-refractivity contribution in [2.45, 2.75) is 26.4 Å². The van der Waals surface area contributed by atoms with Gasteiger partial charge in [0.1, 0.15) is 11.4 Å². The molecular weight excluding hydrogens is 364 g/mol. The fourth-order valence-electron chi connectivity index (χ4n) is 2.10. The van der Waals surface area contributed by atoms with Crippen molar-refractivity contribution in [1.82, 2.24) is 4.90 Å². The van der Waals surface area contributed by atoms with E-state index in [1.54, 1.807) is 11.9 Å². The second-order valence-electron chi connectivity index (χ2n) is 6.35. The molecule has 2 amide bonds. The van der Waals surface area contributed by atoms with Crippen LogP contribution in [0.4, 0.5) is 10.5 Å². The number of fused-ring (bicyclic) bond motifs is 1. The van der Waals surface area contributed by atoms with Crippen molar-refractivity contribution in [3.05, 3.63) is 22.7 Å². The van der Waals surface area contributed by atoms with Gasteiger partial charge >= 0.3 is 6.09 Å². The summed E-state index contributed by atoms with van der Waals surface area (Å²) in [4.78, 5) is 27.2. The highest BCUT2D eigenvalue weighted by Crippen LogP contribution is 2.34. The summed E-state index contributed by atoms with van der Waals surface area (Å²) in [6, 6.07) is 5.50. The zero-order valence-electron chi connectivity index (χ0n) is 13.8. The molecule has 0 radical (unpaired) electrons. The number of anilines is 1. The van der Waals surface area contributed by atoms with Crippen molar-refractivity contribution in [2.24, 2.45) is 0 Å². The van der Waals surface area contributed by atoms with Crippen LogP contribution in [0.5, 0.6) is 5.75 Å². The number of carbonyl (C=O) groups is 2. The summed E-state index contributed by atoms with van der Waals surface area (Å²) in [6.07, 6.45) is -0.408. The first-order chi connectivity index (χ1) is 10.7. The second kappa shape index (κ2) is 6.78. The quantitative estimate of drug-likeness (QED) is 0.803. The Bertz CT molecular complexity index is 613. The van der Waals surface area contributed by atoms with E-state index in [1.807, 2.05) is 39.0 Å². The molecule has 1 aliphatic heterocycles. The molecule has 23 heavy (non-hydrogen) atoms. The van der Waals surface area contributed by atoms with Gasteiger partial charge in [-0.25, -0.2) is 4.79 Å². The van der Waals surface area contributed by atoms with Crippen LogP contribution in [-0.2, 0) is 9.53 Å². The van der Waals surface area contributed by atoms with E-state index in [2.05, 4.69) is 15.9 Å². The van der Waals surface area contributed by atoms with E-state index in [1.165, 1.54) is 4.90 Å². The SMILES string of the molecule is CN(CCN1C(=O)COc2cc(Br)ccc21)C(=O)OC(C)(C)C. The molecule has 1 aromatic rings. The first-order valence-corrected chi connectivity index (χ1v) is 8.13. The highest BCUT2D eigenvalue weighted by molar-refractivity contribution is 9.10. The van der Waals surface area contributed by atoms with Gasteiger partial charge in [0.2, 0.25) is 0 Å². The Labute approximate surface area is 144 Å². The van der Waals surface area contributed by atoms with Crippen molar-refractivity contribution in [3.8, 4) is 5.75 Å². The molecule has 2 rings (SSSR count). The van der Waals surface area contributed by atoms with E-state index in [0.29, 0.717) is 24.5 Å². The van der Waals surface area contributed by atoms with Crippen molar-refractivity contribution in [2.75, 3.05) is 31.6 Å². The molecule has 0 N–H and O–H groups in total. The number of hydrogen-bond acceptors (Lipinski definition) is 4. The standard InChI is InChI=1S/C16H21BrN2O4/c1-16(2,3)23-15(21)18(4)7-8-19-12-6-5-11(17)9-13(12)22-10-14(19)20/h5-6,9H,7-8,10H2,1-4H3. The van der Waals surface area contributed by atoms with Gasteiger partial charge in [0.05, 0.1) is 5.69 Å². The van der Waals surface area contributed by atoms with Crippen molar-refractivity contribution >= 4 is 33.6 Å². The van der Waals surface area contributed by atoms with Gasteiger partial charge in [-0.15, -0.1) is 0 Å². The lowest BCUT2D eigenvalue weighted by molar-refractivity contribution is -0.121. The van der Waals surface area contributed by atoms with Crippen LogP contribution in [0.3, 0.4) is 0 Å². The van der Waals surface area contributed by atoms with Crippen LogP contribution in [0, 0.1) is 0 Å². The summed E-state index contributed by atoms with van der Waals surface area (Å²) in [5, 5.41) is 0. The number of ether oxygens (including phenoxy) is 2. The third-order valence-electron chi connectivity index (χ3n) is 3.23. The van der Waals surface area contributed by atoms with E-state index >= 15 is 0 Å². The maximum atomic E-state index is 12.1. The molecule has 0 aromatic heterocycles.